The van der Waals surface area contributed by atoms with E-state index in [-0.39, 0.29) is 11.6 Å². The molecule has 1 aromatic carbocycles. The topological polar surface area (TPSA) is 98.3 Å². The van der Waals surface area contributed by atoms with E-state index in [1.54, 1.807) is 12.1 Å². The lowest BCUT2D eigenvalue weighted by molar-refractivity contribution is -0.384. The highest BCUT2D eigenvalue weighted by molar-refractivity contribution is 7.20. The number of hydrogen-bond acceptors (Lipinski definition) is 5. The molecule has 6 nitrogen and oxygen atoms in total. The average molecular weight is 321 g/mol. The van der Waals surface area contributed by atoms with Crippen LogP contribution in [0.25, 0.3) is 10.1 Å². The Bertz CT molecular complexity index is 707. The second-order valence-electron chi connectivity index (χ2n) is 5.34. The van der Waals surface area contributed by atoms with E-state index in [9.17, 15) is 14.9 Å². The zero-order chi connectivity index (χ0) is 16.3. The van der Waals surface area contributed by atoms with Gasteiger partial charge in [-0.2, -0.15) is 0 Å². The molecule has 0 aliphatic rings. The SMILES string of the molecule is CCC(N)(CC)CNC(=O)c1cc2cc([N+](=O)[O-])ccc2s1. The maximum absolute atomic E-state index is 12.2. The zero-order valence-electron chi connectivity index (χ0n) is 12.6. The number of non-ortho nitro benzene ring substituents is 1. The average Bonchev–Trinajstić information content (AvgIpc) is 2.95. The number of nitro groups is 1. The summed E-state index contributed by atoms with van der Waals surface area (Å²) < 4.78 is 0.848. The van der Waals surface area contributed by atoms with Gasteiger partial charge in [0.1, 0.15) is 0 Å². The minimum Gasteiger partial charge on any atom is -0.349 e. The van der Waals surface area contributed by atoms with Crippen molar-refractivity contribution in [3.8, 4) is 0 Å². The highest BCUT2D eigenvalue weighted by Crippen LogP contribution is 2.29. The van der Waals surface area contributed by atoms with E-state index in [0.717, 1.165) is 17.5 Å². The lowest BCUT2D eigenvalue weighted by atomic mass is 9.94. The number of fused-ring (bicyclic) bond motifs is 1. The molecule has 1 aromatic heterocycles. The molecular formula is C15H19N3O3S. The number of thiophene rings is 1. The van der Waals surface area contributed by atoms with Gasteiger partial charge in [0.05, 0.1) is 9.80 Å². The first-order chi connectivity index (χ1) is 10.4. The number of nitro benzene ring substituents is 1. The van der Waals surface area contributed by atoms with E-state index in [1.807, 2.05) is 13.8 Å². The van der Waals surface area contributed by atoms with Crippen molar-refractivity contribution in [2.75, 3.05) is 6.54 Å². The van der Waals surface area contributed by atoms with E-state index in [1.165, 1.54) is 23.5 Å². The number of carbonyl (C=O) groups excluding carboxylic acids is 1. The normalized spacial score (nSPS) is 11.6. The van der Waals surface area contributed by atoms with E-state index >= 15 is 0 Å². The van der Waals surface area contributed by atoms with Crippen molar-refractivity contribution < 1.29 is 9.72 Å². The van der Waals surface area contributed by atoms with Crippen LogP contribution in [0.3, 0.4) is 0 Å². The van der Waals surface area contributed by atoms with Crippen LogP contribution in [0.5, 0.6) is 0 Å². The van der Waals surface area contributed by atoms with Gasteiger partial charge in [0.25, 0.3) is 11.6 Å². The molecule has 0 aliphatic carbocycles. The van der Waals surface area contributed by atoms with Crippen molar-refractivity contribution in [2.45, 2.75) is 32.2 Å². The molecule has 7 heteroatoms. The minimum atomic E-state index is -0.442. The Kier molecular flexibility index (Phi) is 4.77. The monoisotopic (exact) mass is 321 g/mol. The van der Waals surface area contributed by atoms with Gasteiger partial charge in [-0.05, 0) is 25.0 Å². The molecule has 0 unspecified atom stereocenters. The van der Waals surface area contributed by atoms with Crippen LogP contribution in [0, 0.1) is 10.1 Å². The molecule has 0 saturated heterocycles. The molecule has 0 aliphatic heterocycles. The molecule has 0 radical (unpaired) electrons. The van der Waals surface area contributed by atoms with Gasteiger partial charge in [0.15, 0.2) is 0 Å². The molecule has 0 atom stereocenters. The molecule has 0 spiro atoms. The van der Waals surface area contributed by atoms with Crippen LogP contribution in [0.1, 0.15) is 36.4 Å². The molecule has 1 amide bonds. The number of rotatable bonds is 6. The summed E-state index contributed by atoms with van der Waals surface area (Å²) in [5.41, 5.74) is 5.79. The van der Waals surface area contributed by atoms with Crippen LogP contribution in [0.4, 0.5) is 5.69 Å². The quantitative estimate of drug-likeness (QED) is 0.631. The summed E-state index contributed by atoms with van der Waals surface area (Å²) in [5, 5.41) is 14.3. The van der Waals surface area contributed by atoms with Crippen LogP contribution < -0.4 is 11.1 Å². The summed E-state index contributed by atoms with van der Waals surface area (Å²) >= 11 is 1.32. The number of nitrogens with zero attached hydrogens (tertiary/aromatic N) is 1. The molecule has 2 rings (SSSR count). The third kappa shape index (κ3) is 3.42. The second-order valence-corrected chi connectivity index (χ2v) is 6.43. The Morgan fingerprint density at radius 1 is 1.36 bits per heavy atom. The molecule has 118 valence electrons. The Morgan fingerprint density at radius 3 is 2.64 bits per heavy atom. The molecule has 1 heterocycles. The van der Waals surface area contributed by atoms with E-state index in [0.29, 0.717) is 16.8 Å². The Labute approximate surface area is 132 Å². The summed E-state index contributed by atoms with van der Waals surface area (Å²) in [6.07, 6.45) is 1.56. The van der Waals surface area contributed by atoms with Gasteiger partial charge in [0.2, 0.25) is 0 Å². The fraction of sp³-hybridized carbons (Fsp3) is 0.400. The number of nitrogens with two attached hydrogens (primary N) is 1. The van der Waals surface area contributed by atoms with Crippen LogP contribution in [-0.2, 0) is 0 Å². The predicted molar refractivity (Wildman–Crippen MR) is 88.3 cm³/mol. The minimum absolute atomic E-state index is 0.0233. The Balaban J connectivity index is 2.17. The fourth-order valence-electron chi connectivity index (χ4n) is 2.10. The summed E-state index contributed by atoms with van der Waals surface area (Å²) in [6, 6.07) is 6.27. The largest absolute Gasteiger partial charge is 0.349 e. The molecular weight excluding hydrogens is 302 g/mol. The molecule has 2 aromatic rings. The number of benzene rings is 1. The lowest BCUT2D eigenvalue weighted by Gasteiger charge is -2.26. The molecule has 0 bridgehead atoms. The first-order valence-corrected chi connectivity index (χ1v) is 7.95. The molecule has 0 saturated carbocycles. The summed E-state index contributed by atoms with van der Waals surface area (Å²) in [4.78, 5) is 23.1. The van der Waals surface area contributed by atoms with E-state index in [4.69, 9.17) is 5.73 Å². The van der Waals surface area contributed by atoms with Crippen molar-refractivity contribution in [3.63, 3.8) is 0 Å². The Hall–Kier alpha value is -1.99. The highest BCUT2D eigenvalue weighted by atomic mass is 32.1. The third-order valence-electron chi connectivity index (χ3n) is 3.94. The number of amides is 1. The van der Waals surface area contributed by atoms with E-state index in [2.05, 4.69) is 5.32 Å². The van der Waals surface area contributed by atoms with Gasteiger partial charge in [-0.25, -0.2) is 0 Å². The van der Waals surface area contributed by atoms with Gasteiger partial charge in [-0.15, -0.1) is 11.3 Å². The maximum Gasteiger partial charge on any atom is 0.270 e. The number of hydrogen-bond donors (Lipinski definition) is 2. The van der Waals surface area contributed by atoms with Crippen molar-refractivity contribution in [2.24, 2.45) is 5.73 Å². The third-order valence-corrected chi connectivity index (χ3v) is 5.06. The van der Waals surface area contributed by atoms with Gasteiger partial charge in [-0.3, -0.25) is 14.9 Å². The molecule has 3 N–H and O–H groups in total. The first-order valence-electron chi connectivity index (χ1n) is 7.13. The van der Waals surface area contributed by atoms with Crippen molar-refractivity contribution in [1.82, 2.24) is 5.32 Å². The van der Waals surface area contributed by atoms with Gasteiger partial charge in [-0.1, -0.05) is 13.8 Å². The summed E-state index contributed by atoms with van der Waals surface area (Å²) in [6.45, 7) is 4.40. The van der Waals surface area contributed by atoms with Gasteiger partial charge >= 0.3 is 0 Å². The van der Waals surface area contributed by atoms with Crippen LogP contribution in [-0.4, -0.2) is 22.9 Å². The standard InChI is InChI=1S/C15H19N3O3S/c1-3-15(16,4-2)9-17-14(19)13-8-10-7-11(18(20)21)5-6-12(10)22-13/h5-8H,3-4,9,16H2,1-2H3,(H,17,19). The molecule has 0 fully saturated rings. The van der Waals surface area contributed by atoms with Crippen LogP contribution in [0.2, 0.25) is 0 Å². The van der Waals surface area contributed by atoms with Crippen LogP contribution in [0.15, 0.2) is 24.3 Å². The van der Waals surface area contributed by atoms with Gasteiger partial charge < -0.3 is 11.1 Å². The number of carbonyl (C=O) groups is 1. The van der Waals surface area contributed by atoms with Gasteiger partial charge in [0, 0.05) is 34.3 Å². The lowest BCUT2D eigenvalue weighted by Crippen LogP contribution is -2.49. The highest BCUT2D eigenvalue weighted by Gasteiger charge is 2.22. The fourth-order valence-corrected chi connectivity index (χ4v) is 3.06. The van der Waals surface area contributed by atoms with Crippen molar-refractivity contribution in [1.29, 1.82) is 0 Å². The summed E-state index contributed by atoms with van der Waals surface area (Å²) in [7, 11) is 0. The number of nitrogens with one attached hydrogen (secondary N) is 1. The maximum atomic E-state index is 12.2. The molecule has 22 heavy (non-hydrogen) atoms. The van der Waals surface area contributed by atoms with Crippen molar-refractivity contribution in [3.05, 3.63) is 39.3 Å². The summed E-state index contributed by atoms with van der Waals surface area (Å²) in [5.74, 6) is -0.194. The predicted octanol–water partition coefficient (Wildman–Crippen LogP) is 3.06. The van der Waals surface area contributed by atoms with E-state index < -0.39 is 10.5 Å². The van der Waals surface area contributed by atoms with Crippen molar-refractivity contribution >= 4 is 33.0 Å². The smallest absolute Gasteiger partial charge is 0.270 e. The second kappa shape index (κ2) is 6.41. The van der Waals surface area contributed by atoms with Crippen LogP contribution >= 0.6 is 11.3 Å². The Morgan fingerprint density at radius 2 is 2.05 bits per heavy atom. The first kappa shape index (κ1) is 16.4. The zero-order valence-corrected chi connectivity index (χ0v) is 13.4.